The topological polar surface area (TPSA) is 84.7 Å². The molecule has 7 nitrogen and oxygen atoms in total. The summed E-state index contributed by atoms with van der Waals surface area (Å²) < 4.78 is 11.0. The second kappa shape index (κ2) is 9.93. The molecule has 1 aromatic heterocycles. The Bertz CT molecular complexity index is 1050. The summed E-state index contributed by atoms with van der Waals surface area (Å²) in [6.07, 6.45) is 0.811. The number of rotatable bonds is 8. The highest BCUT2D eigenvalue weighted by Crippen LogP contribution is 2.19. The van der Waals surface area contributed by atoms with E-state index >= 15 is 0 Å². The number of hydrogen-bond acceptors (Lipinski definition) is 5. The van der Waals surface area contributed by atoms with Crippen LogP contribution in [0.2, 0.25) is 0 Å². The standard InChI is InChI=1S/C24H27N3O4/c1-5-18-9-6-7-12-22(18)25-23(28)14-27(4)24(29)19-10-8-11-20(13-19)30-15-21-16(2)26-31-17(21)3/h6-13H,5,14-15H2,1-4H3,(H,25,28). The molecule has 0 aliphatic carbocycles. The molecule has 1 N–H and O–H groups in total. The van der Waals surface area contributed by atoms with E-state index < -0.39 is 0 Å². The van der Waals surface area contributed by atoms with Gasteiger partial charge in [0.25, 0.3) is 5.91 Å². The Hall–Kier alpha value is -3.61. The predicted molar refractivity (Wildman–Crippen MR) is 118 cm³/mol. The lowest BCUT2D eigenvalue weighted by molar-refractivity contribution is -0.116. The van der Waals surface area contributed by atoms with Crippen LogP contribution in [0.1, 0.15) is 39.9 Å². The lowest BCUT2D eigenvalue weighted by atomic mass is 10.1. The van der Waals surface area contributed by atoms with Crippen molar-refractivity contribution in [3.05, 3.63) is 76.7 Å². The third kappa shape index (κ3) is 5.51. The van der Waals surface area contributed by atoms with Crippen LogP contribution in [0.4, 0.5) is 5.69 Å². The summed E-state index contributed by atoms with van der Waals surface area (Å²) in [7, 11) is 1.60. The van der Waals surface area contributed by atoms with Crippen LogP contribution in [-0.2, 0) is 17.8 Å². The quantitative estimate of drug-likeness (QED) is 0.591. The fourth-order valence-electron chi connectivity index (χ4n) is 3.23. The summed E-state index contributed by atoms with van der Waals surface area (Å²) >= 11 is 0. The van der Waals surface area contributed by atoms with E-state index in [1.807, 2.05) is 45.0 Å². The largest absolute Gasteiger partial charge is 0.489 e. The van der Waals surface area contributed by atoms with Crippen molar-refractivity contribution in [2.75, 3.05) is 18.9 Å². The average molecular weight is 421 g/mol. The van der Waals surface area contributed by atoms with Gasteiger partial charge in [-0.2, -0.15) is 0 Å². The first-order valence-electron chi connectivity index (χ1n) is 10.2. The van der Waals surface area contributed by atoms with Gasteiger partial charge in [-0.25, -0.2) is 0 Å². The Balaban J connectivity index is 1.61. The predicted octanol–water partition coefficient (Wildman–Crippen LogP) is 4.14. The Morgan fingerprint density at radius 2 is 1.90 bits per heavy atom. The first kappa shape index (κ1) is 22.1. The van der Waals surface area contributed by atoms with Crippen molar-refractivity contribution in [3.63, 3.8) is 0 Å². The zero-order chi connectivity index (χ0) is 22.4. The Morgan fingerprint density at radius 1 is 1.13 bits per heavy atom. The second-order valence-corrected chi connectivity index (χ2v) is 7.34. The Labute approximate surface area is 182 Å². The van der Waals surface area contributed by atoms with Crippen LogP contribution >= 0.6 is 0 Å². The molecule has 2 aromatic carbocycles. The van der Waals surface area contributed by atoms with E-state index in [4.69, 9.17) is 9.26 Å². The van der Waals surface area contributed by atoms with Crippen LogP contribution in [0.3, 0.4) is 0 Å². The van der Waals surface area contributed by atoms with Crippen molar-refractivity contribution < 1.29 is 18.8 Å². The number of para-hydroxylation sites is 1. The third-order valence-corrected chi connectivity index (χ3v) is 5.05. The number of likely N-dealkylation sites (N-methyl/N-ethyl adjacent to an activating group) is 1. The molecule has 0 atom stereocenters. The molecule has 2 amide bonds. The summed E-state index contributed by atoms with van der Waals surface area (Å²) in [5, 5.41) is 6.80. The molecule has 1 heterocycles. The van der Waals surface area contributed by atoms with Gasteiger partial charge in [-0.3, -0.25) is 9.59 Å². The number of aryl methyl sites for hydroxylation is 3. The number of nitrogens with one attached hydrogen (secondary N) is 1. The van der Waals surface area contributed by atoms with Gasteiger partial charge in [0.2, 0.25) is 5.91 Å². The molecule has 0 unspecified atom stereocenters. The maximum absolute atomic E-state index is 12.8. The van der Waals surface area contributed by atoms with Crippen molar-refractivity contribution in [2.24, 2.45) is 0 Å². The first-order valence-corrected chi connectivity index (χ1v) is 10.2. The number of benzene rings is 2. The molecule has 162 valence electrons. The average Bonchev–Trinajstić information content (AvgIpc) is 3.09. The molecular weight excluding hydrogens is 394 g/mol. The smallest absolute Gasteiger partial charge is 0.254 e. The van der Waals surface area contributed by atoms with E-state index in [1.165, 1.54) is 4.90 Å². The van der Waals surface area contributed by atoms with Gasteiger partial charge < -0.3 is 19.5 Å². The molecule has 0 saturated carbocycles. The van der Waals surface area contributed by atoms with Gasteiger partial charge in [-0.05, 0) is 50.1 Å². The monoisotopic (exact) mass is 421 g/mol. The molecule has 3 aromatic rings. The zero-order valence-electron chi connectivity index (χ0n) is 18.3. The van der Waals surface area contributed by atoms with Crippen LogP contribution < -0.4 is 10.1 Å². The van der Waals surface area contributed by atoms with Gasteiger partial charge in [0.1, 0.15) is 18.1 Å². The molecule has 3 rings (SSSR count). The molecular formula is C24H27N3O4. The van der Waals surface area contributed by atoms with E-state index in [2.05, 4.69) is 10.5 Å². The van der Waals surface area contributed by atoms with Crippen LogP contribution in [0, 0.1) is 13.8 Å². The summed E-state index contributed by atoms with van der Waals surface area (Å²) in [6.45, 7) is 5.96. The summed E-state index contributed by atoms with van der Waals surface area (Å²) in [4.78, 5) is 26.6. The molecule has 31 heavy (non-hydrogen) atoms. The minimum atomic E-state index is -0.262. The summed E-state index contributed by atoms with van der Waals surface area (Å²) in [6, 6.07) is 14.5. The van der Waals surface area contributed by atoms with Crippen molar-refractivity contribution >= 4 is 17.5 Å². The van der Waals surface area contributed by atoms with Gasteiger partial charge in [0.15, 0.2) is 0 Å². The van der Waals surface area contributed by atoms with Crippen molar-refractivity contribution in [3.8, 4) is 5.75 Å². The normalized spacial score (nSPS) is 10.6. The lowest BCUT2D eigenvalue weighted by Crippen LogP contribution is -2.35. The first-order chi connectivity index (χ1) is 14.9. The lowest BCUT2D eigenvalue weighted by Gasteiger charge is -2.18. The number of carbonyl (C=O) groups is 2. The Morgan fingerprint density at radius 3 is 2.61 bits per heavy atom. The van der Waals surface area contributed by atoms with E-state index in [0.717, 1.165) is 28.9 Å². The fourth-order valence-corrected chi connectivity index (χ4v) is 3.23. The summed E-state index contributed by atoms with van der Waals surface area (Å²) in [5.74, 6) is 0.755. The molecule has 0 fully saturated rings. The molecule has 0 aliphatic rings. The van der Waals surface area contributed by atoms with Gasteiger partial charge in [0, 0.05) is 18.3 Å². The number of ether oxygens (including phenoxy) is 1. The molecule has 0 aliphatic heterocycles. The van der Waals surface area contributed by atoms with Crippen molar-refractivity contribution in [2.45, 2.75) is 33.8 Å². The van der Waals surface area contributed by atoms with E-state index in [9.17, 15) is 9.59 Å². The van der Waals surface area contributed by atoms with Crippen molar-refractivity contribution in [1.29, 1.82) is 0 Å². The second-order valence-electron chi connectivity index (χ2n) is 7.34. The number of aromatic nitrogens is 1. The van der Waals surface area contributed by atoms with E-state index in [-0.39, 0.29) is 18.4 Å². The number of hydrogen-bond donors (Lipinski definition) is 1. The maximum Gasteiger partial charge on any atom is 0.254 e. The number of carbonyl (C=O) groups excluding carboxylic acids is 2. The highest BCUT2D eigenvalue weighted by molar-refractivity contribution is 5.99. The molecule has 0 bridgehead atoms. The van der Waals surface area contributed by atoms with Gasteiger partial charge in [0.05, 0.1) is 17.8 Å². The van der Waals surface area contributed by atoms with Crippen LogP contribution in [0.25, 0.3) is 0 Å². The number of anilines is 1. The maximum atomic E-state index is 12.8. The highest BCUT2D eigenvalue weighted by Gasteiger charge is 2.17. The highest BCUT2D eigenvalue weighted by atomic mass is 16.5. The third-order valence-electron chi connectivity index (χ3n) is 5.05. The van der Waals surface area contributed by atoms with Gasteiger partial charge in [-0.15, -0.1) is 0 Å². The molecule has 0 radical (unpaired) electrons. The van der Waals surface area contributed by atoms with E-state index in [1.54, 1.807) is 31.3 Å². The van der Waals surface area contributed by atoms with Gasteiger partial charge in [-0.1, -0.05) is 36.3 Å². The molecule has 7 heteroatoms. The fraction of sp³-hybridized carbons (Fsp3) is 0.292. The van der Waals surface area contributed by atoms with Gasteiger partial charge >= 0.3 is 0 Å². The number of nitrogens with zero attached hydrogens (tertiary/aromatic N) is 2. The Kier molecular flexibility index (Phi) is 7.07. The zero-order valence-corrected chi connectivity index (χ0v) is 18.3. The molecule has 0 saturated heterocycles. The SMILES string of the molecule is CCc1ccccc1NC(=O)CN(C)C(=O)c1cccc(OCc2c(C)noc2C)c1. The number of amides is 2. The van der Waals surface area contributed by atoms with Crippen molar-refractivity contribution in [1.82, 2.24) is 10.1 Å². The van der Waals surface area contributed by atoms with E-state index in [0.29, 0.717) is 23.7 Å². The van der Waals surface area contributed by atoms with Crippen LogP contribution in [0.5, 0.6) is 5.75 Å². The minimum absolute atomic E-state index is 0.0545. The summed E-state index contributed by atoms with van der Waals surface area (Å²) in [5.41, 5.74) is 3.93. The minimum Gasteiger partial charge on any atom is -0.489 e. The van der Waals surface area contributed by atoms with Crippen LogP contribution in [0.15, 0.2) is 53.1 Å². The molecule has 0 spiro atoms. The van der Waals surface area contributed by atoms with Crippen LogP contribution in [-0.4, -0.2) is 35.5 Å².